The van der Waals surface area contributed by atoms with Gasteiger partial charge in [0.1, 0.15) is 5.82 Å². The Balaban J connectivity index is 1.91. The second-order valence-electron chi connectivity index (χ2n) is 5.37. The van der Waals surface area contributed by atoms with Crippen molar-refractivity contribution in [1.29, 1.82) is 0 Å². The normalized spacial score (nSPS) is 17.6. The second-order valence-corrected chi connectivity index (χ2v) is 7.14. The van der Waals surface area contributed by atoms with Gasteiger partial charge in [-0.15, -0.1) is 0 Å². The van der Waals surface area contributed by atoms with Gasteiger partial charge in [0.25, 0.3) is 0 Å². The lowest BCUT2D eigenvalue weighted by atomic mass is 10.2. The first-order chi connectivity index (χ1) is 9.97. The molecule has 5 nitrogen and oxygen atoms in total. The fourth-order valence-corrected chi connectivity index (χ4v) is 3.61. The lowest BCUT2D eigenvalue weighted by molar-refractivity contribution is 0.290. The first kappa shape index (κ1) is 16.2. The van der Waals surface area contributed by atoms with Gasteiger partial charge in [0.2, 0.25) is 10.0 Å². The average Bonchev–Trinajstić information content (AvgIpc) is 2.66. The number of nitrogen functional groups attached to an aromatic ring is 1. The van der Waals surface area contributed by atoms with Crippen LogP contribution in [-0.4, -0.2) is 39.5 Å². The third-order valence-electron chi connectivity index (χ3n) is 3.62. The fourth-order valence-electron chi connectivity index (χ4n) is 2.52. The predicted octanol–water partition coefficient (Wildman–Crippen LogP) is 1.56. The summed E-state index contributed by atoms with van der Waals surface area (Å²) in [6, 6.07) is 3.33. The maximum absolute atomic E-state index is 13.2. The first-order valence-electron chi connectivity index (χ1n) is 7.25. The molecule has 0 amide bonds. The molecule has 1 aromatic rings. The van der Waals surface area contributed by atoms with E-state index in [0.717, 1.165) is 38.1 Å². The summed E-state index contributed by atoms with van der Waals surface area (Å²) in [5.74, 6) is -0.650. The van der Waals surface area contributed by atoms with E-state index in [2.05, 4.69) is 9.62 Å². The summed E-state index contributed by atoms with van der Waals surface area (Å²) in [5.41, 5.74) is 5.58. The number of likely N-dealkylation sites (tertiary alicyclic amines) is 1. The Morgan fingerprint density at radius 3 is 2.43 bits per heavy atom. The van der Waals surface area contributed by atoms with E-state index in [1.807, 2.05) is 0 Å². The Labute approximate surface area is 125 Å². The van der Waals surface area contributed by atoms with Crippen LogP contribution in [-0.2, 0) is 10.0 Å². The molecule has 0 radical (unpaired) electrons. The van der Waals surface area contributed by atoms with E-state index in [1.54, 1.807) is 0 Å². The van der Waals surface area contributed by atoms with Crippen molar-refractivity contribution in [2.45, 2.75) is 30.6 Å². The van der Waals surface area contributed by atoms with Crippen molar-refractivity contribution >= 4 is 15.7 Å². The lowest BCUT2D eigenvalue weighted by Gasteiger charge is -2.19. The first-order valence-corrected chi connectivity index (χ1v) is 8.74. The van der Waals surface area contributed by atoms with Gasteiger partial charge in [-0.25, -0.2) is 17.5 Å². The van der Waals surface area contributed by atoms with Crippen molar-refractivity contribution in [2.75, 3.05) is 31.9 Å². The van der Waals surface area contributed by atoms with E-state index in [1.165, 1.54) is 18.9 Å². The molecule has 0 spiro atoms. The minimum atomic E-state index is -3.71. The highest BCUT2D eigenvalue weighted by atomic mass is 32.2. The van der Waals surface area contributed by atoms with Crippen molar-refractivity contribution in [3.05, 3.63) is 24.0 Å². The van der Waals surface area contributed by atoms with E-state index >= 15 is 0 Å². The van der Waals surface area contributed by atoms with Crippen molar-refractivity contribution in [3.8, 4) is 0 Å². The zero-order valence-corrected chi connectivity index (χ0v) is 12.8. The highest BCUT2D eigenvalue weighted by Gasteiger charge is 2.16. The number of hydrogen-bond acceptors (Lipinski definition) is 4. The van der Waals surface area contributed by atoms with Gasteiger partial charge in [-0.05, 0) is 44.1 Å². The van der Waals surface area contributed by atoms with Crippen LogP contribution in [0.2, 0.25) is 0 Å². The number of nitrogens with one attached hydrogen (secondary N) is 1. The van der Waals surface area contributed by atoms with E-state index in [0.29, 0.717) is 13.1 Å². The Morgan fingerprint density at radius 1 is 1.14 bits per heavy atom. The summed E-state index contributed by atoms with van der Waals surface area (Å²) in [6.45, 7) is 3.01. The van der Waals surface area contributed by atoms with Gasteiger partial charge in [0.15, 0.2) is 0 Å². The molecule has 0 unspecified atom stereocenters. The standard InChI is InChI=1S/C14H22FN3O2S/c15-12-9-13(16)11-14(10-12)21(19,20)17-5-8-18-6-3-1-2-4-7-18/h9-11,17H,1-8,16H2. The number of halogens is 1. The Morgan fingerprint density at radius 2 is 1.81 bits per heavy atom. The molecule has 1 aromatic carbocycles. The summed E-state index contributed by atoms with van der Waals surface area (Å²) in [5, 5.41) is 0. The van der Waals surface area contributed by atoms with Crippen LogP contribution in [0, 0.1) is 5.82 Å². The monoisotopic (exact) mass is 315 g/mol. The molecule has 21 heavy (non-hydrogen) atoms. The fraction of sp³-hybridized carbons (Fsp3) is 0.571. The summed E-state index contributed by atoms with van der Waals surface area (Å²) in [4.78, 5) is 2.13. The highest BCUT2D eigenvalue weighted by Crippen LogP contribution is 2.15. The van der Waals surface area contributed by atoms with Crippen molar-refractivity contribution in [2.24, 2.45) is 0 Å². The van der Waals surface area contributed by atoms with Gasteiger partial charge in [-0.3, -0.25) is 0 Å². The molecule has 0 aliphatic carbocycles. The largest absolute Gasteiger partial charge is 0.399 e. The molecule has 7 heteroatoms. The van der Waals surface area contributed by atoms with E-state index in [-0.39, 0.29) is 10.6 Å². The van der Waals surface area contributed by atoms with Crippen LogP contribution in [0.25, 0.3) is 0 Å². The van der Waals surface area contributed by atoms with Crippen LogP contribution in [0.1, 0.15) is 25.7 Å². The molecule has 1 aliphatic rings. The van der Waals surface area contributed by atoms with Crippen LogP contribution in [0.5, 0.6) is 0 Å². The van der Waals surface area contributed by atoms with Gasteiger partial charge in [-0.2, -0.15) is 0 Å². The predicted molar refractivity (Wildman–Crippen MR) is 80.9 cm³/mol. The van der Waals surface area contributed by atoms with E-state index in [4.69, 9.17) is 5.73 Å². The van der Waals surface area contributed by atoms with Gasteiger partial charge >= 0.3 is 0 Å². The second kappa shape index (κ2) is 7.20. The maximum Gasteiger partial charge on any atom is 0.240 e. The third kappa shape index (κ3) is 4.94. The molecule has 1 heterocycles. The molecule has 3 N–H and O–H groups in total. The number of anilines is 1. The highest BCUT2D eigenvalue weighted by molar-refractivity contribution is 7.89. The third-order valence-corrected chi connectivity index (χ3v) is 5.06. The van der Waals surface area contributed by atoms with E-state index < -0.39 is 15.8 Å². The molecule has 0 bridgehead atoms. The molecule has 1 fully saturated rings. The minimum absolute atomic E-state index is 0.0999. The Bertz CT molecular complexity index is 549. The minimum Gasteiger partial charge on any atom is -0.399 e. The lowest BCUT2D eigenvalue weighted by Crippen LogP contribution is -2.35. The summed E-state index contributed by atoms with van der Waals surface area (Å²) in [6.07, 6.45) is 4.80. The summed E-state index contributed by atoms with van der Waals surface area (Å²) >= 11 is 0. The molecule has 118 valence electrons. The van der Waals surface area contributed by atoms with Crippen LogP contribution in [0.4, 0.5) is 10.1 Å². The zero-order valence-electron chi connectivity index (χ0n) is 12.0. The van der Waals surface area contributed by atoms with Crippen molar-refractivity contribution < 1.29 is 12.8 Å². The quantitative estimate of drug-likeness (QED) is 0.809. The number of hydrogen-bond donors (Lipinski definition) is 2. The number of nitrogens with zero attached hydrogens (tertiary/aromatic N) is 1. The van der Waals surface area contributed by atoms with Crippen LogP contribution in [0.15, 0.2) is 23.1 Å². The molecule has 0 saturated carbocycles. The maximum atomic E-state index is 13.2. The van der Waals surface area contributed by atoms with Gasteiger partial charge < -0.3 is 10.6 Å². The van der Waals surface area contributed by atoms with Gasteiger partial charge in [-0.1, -0.05) is 12.8 Å². The summed E-state index contributed by atoms with van der Waals surface area (Å²) < 4.78 is 39.9. The number of rotatable bonds is 5. The number of benzene rings is 1. The van der Waals surface area contributed by atoms with Crippen LogP contribution >= 0.6 is 0 Å². The Kier molecular flexibility index (Phi) is 5.55. The van der Waals surface area contributed by atoms with Gasteiger partial charge in [0.05, 0.1) is 4.90 Å². The van der Waals surface area contributed by atoms with Gasteiger partial charge in [0, 0.05) is 18.8 Å². The zero-order chi connectivity index (χ0) is 15.3. The Hall–Kier alpha value is -1.18. The van der Waals surface area contributed by atoms with Crippen molar-refractivity contribution in [1.82, 2.24) is 9.62 Å². The molecule has 0 aromatic heterocycles. The molecular weight excluding hydrogens is 293 g/mol. The topological polar surface area (TPSA) is 75.4 Å². The van der Waals surface area contributed by atoms with E-state index in [9.17, 15) is 12.8 Å². The smallest absolute Gasteiger partial charge is 0.240 e. The summed E-state index contributed by atoms with van der Waals surface area (Å²) in [7, 11) is -3.71. The molecule has 1 aliphatic heterocycles. The van der Waals surface area contributed by atoms with Crippen LogP contribution in [0.3, 0.4) is 0 Å². The van der Waals surface area contributed by atoms with Crippen molar-refractivity contribution in [3.63, 3.8) is 0 Å². The van der Waals surface area contributed by atoms with Crippen LogP contribution < -0.4 is 10.5 Å². The number of nitrogens with two attached hydrogens (primary N) is 1. The number of sulfonamides is 1. The average molecular weight is 315 g/mol. The SMILES string of the molecule is Nc1cc(F)cc(S(=O)(=O)NCCN2CCCCCC2)c1. The molecule has 0 atom stereocenters. The molecular formula is C14H22FN3O2S. The molecule has 2 rings (SSSR count). The molecule has 1 saturated heterocycles.